The number of carbonyl (C=O) groups excluding carboxylic acids is 1. The van der Waals surface area contributed by atoms with Crippen molar-refractivity contribution in [2.45, 2.75) is 13.3 Å². The second kappa shape index (κ2) is 9.69. The number of ether oxygens (including phenoxy) is 1. The second-order valence-corrected chi connectivity index (χ2v) is 10.7. The van der Waals surface area contributed by atoms with E-state index >= 15 is 0 Å². The molecule has 2 aromatic heterocycles. The van der Waals surface area contributed by atoms with Gasteiger partial charge in [0, 0.05) is 26.2 Å². The van der Waals surface area contributed by atoms with Crippen molar-refractivity contribution in [3.05, 3.63) is 43.0 Å². The van der Waals surface area contributed by atoms with Crippen molar-refractivity contribution in [2.75, 3.05) is 44.3 Å². The number of rotatable bonds is 6. The number of aryl methyl sites for hydroxylation is 1. The Balaban J connectivity index is 1.62. The van der Waals surface area contributed by atoms with Crippen molar-refractivity contribution in [3.63, 3.8) is 0 Å². The van der Waals surface area contributed by atoms with Gasteiger partial charge in [-0.1, -0.05) is 52.2 Å². The van der Waals surface area contributed by atoms with E-state index in [0.29, 0.717) is 30.9 Å². The Kier molecular flexibility index (Phi) is 7.19. The van der Waals surface area contributed by atoms with Gasteiger partial charge in [0.15, 0.2) is 5.13 Å². The number of nitrogens with zero attached hydrogens (tertiary/aromatic N) is 3. The van der Waals surface area contributed by atoms with Gasteiger partial charge < -0.3 is 4.74 Å². The van der Waals surface area contributed by atoms with Gasteiger partial charge in [-0.25, -0.2) is 4.98 Å². The van der Waals surface area contributed by atoms with E-state index in [-0.39, 0.29) is 5.91 Å². The molecule has 1 aliphatic heterocycles. The highest BCUT2D eigenvalue weighted by Gasteiger charge is 2.26. The third-order valence-corrected chi connectivity index (χ3v) is 8.04. The first-order valence-electron chi connectivity index (χ1n) is 9.56. The van der Waals surface area contributed by atoms with Crippen LogP contribution >= 0.6 is 57.5 Å². The summed E-state index contributed by atoms with van der Waals surface area (Å²) >= 11 is 21.4. The number of benzene rings is 1. The summed E-state index contributed by atoms with van der Waals surface area (Å²) in [6.45, 7) is 6.73. The third-order valence-electron chi connectivity index (χ3n) is 5.01. The van der Waals surface area contributed by atoms with Crippen molar-refractivity contribution in [1.29, 1.82) is 0 Å². The van der Waals surface area contributed by atoms with Crippen LogP contribution in [0.4, 0.5) is 5.13 Å². The fourth-order valence-electron chi connectivity index (χ4n) is 3.40. The fourth-order valence-corrected chi connectivity index (χ4v) is 6.19. The van der Waals surface area contributed by atoms with E-state index in [9.17, 15) is 4.79 Å². The summed E-state index contributed by atoms with van der Waals surface area (Å²) in [5.74, 6) is -0.196. The number of fused-ring (bicyclic) bond motifs is 1. The highest BCUT2D eigenvalue weighted by Crippen LogP contribution is 2.38. The first-order valence-corrected chi connectivity index (χ1v) is 12.3. The molecule has 30 heavy (non-hydrogen) atoms. The molecule has 0 bridgehead atoms. The minimum atomic E-state index is -0.196. The van der Waals surface area contributed by atoms with Gasteiger partial charge in [-0.3, -0.25) is 14.6 Å². The Hall–Kier alpha value is -0.930. The molecule has 0 spiro atoms. The van der Waals surface area contributed by atoms with Crippen LogP contribution in [-0.4, -0.2) is 55.2 Å². The predicted molar refractivity (Wildman–Crippen MR) is 127 cm³/mol. The van der Waals surface area contributed by atoms with E-state index in [0.717, 1.165) is 55.0 Å². The van der Waals surface area contributed by atoms with Crippen LogP contribution in [0.1, 0.15) is 22.3 Å². The highest BCUT2D eigenvalue weighted by atomic mass is 35.5. The van der Waals surface area contributed by atoms with Gasteiger partial charge >= 0.3 is 0 Å². The normalized spacial score (nSPS) is 15.1. The number of halogens is 3. The van der Waals surface area contributed by atoms with Gasteiger partial charge in [-0.05, 0) is 31.0 Å². The molecule has 4 rings (SSSR count). The Bertz CT molecular complexity index is 1020. The molecule has 3 aromatic rings. The van der Waals surface area contributed by atoms with Crippen LogP contribution in [0.5, 0.6) is 0 Å². The van der Waals surface area contributed by atoms with E-state index in [2.05, 4.69) is 4.90 Å². The average molecular weight is 505 g/mol. The molecular weight excluding hydrogens is 485 g/mol. The number of thiophene rings is 1. The number of amides is 1. The Morgan fingerprint density at radius 2 is 2.00 bits per heavy atom. The summed E-state index contributed by atoms with van der Waals surface area (Å²) in [4.78, 5) is 22.2. The number of carbonyl (C=O) groups is 1. The average Bonchev–Trinajstić information content (AvgIpc) is 3.32. The van der Waals surface area contributed by atoms with Crippen LogP contribution in [-0.2, 0) is 4.74 Å². The summed E-state index contributed by atoms with van der Waals surface area (Å²) in [5.41, 5.74) is 2.25. The lowest BCUT2D eigenvalue weighted by Gasteiger charge is -2.27. The topological polar surface area (TPSA) is 45.7 Å². The molecule has 1 fully saturated rings. The number of aromatic nitrogens is 1. The third kappa shape index (κ3) is 4.78. The largest absolute Gasteiger partial charge is 0.379 e. The number of hydrogen-bond acceptors (Lipinski definition) is 6. The minimum absolute atomic E-state index is 0.196. The van der Waals surface area contributed by atoms with Gasteiger partial charge in [-0.2, -0.15) is 0 Å². The van der Waals surface area contributed by atoms with Gasteiger partial charge in [0.1, 0.15) is 4.34 Å². The summed E-state index contributed by atoms with van der Waals surface area (Å²) in [5, 5.41) is 1.25. The highest BCUT2D eigenvalue weighted by molar-refractivity contribution is 7.23. The summed E-state index contributed by atoms with van der Waals surface area (Å²) in [6, 6.07) is 5.42. The molecule has 0 atom stereocenters. The minimum Gasteiger partial charge on any atom is -0.379 e. The Morgan fingerprint density at radius 1 is 1.23 bits per heavy atom. The van der Waals surface area contributed by atoms with E-state index < -0.39 is 0 Å². The molecule has 0 N–H and O–H groups in total. The van der Waals surface area contributed by atoms with Crippen LogP contribution in [0.15, 0.2) is 18.2 Å². The quantitative estimate of drug-likeness (QED) is 0.413. The van der Waals surface area contributed by atoms with Crippen molar-refractivity contribution in [1.82, 2.24) is 9.88 Å². The summed E-state index contributed by atoms with van der Waals surface area (Å²) in [6.07, 6.45) is 0.809. The van der Waals surface area contributed by atoms with Crippen LogP contribution in [0.25, 0.3) is 10.2 Å². The SMILES string of the molecule is Cc1ccc(Cl)c2sc(N(CCCN3CCOCC3)C(=O)c3cc(Cl)sc3Cl)nc12. The maximum absolute atomic E-state index is 13.4. The molecule has 160 valence electrons. The zero-order valence-electron chi connectivity index (χ0n) is 16.3. The first kappa shape index (κ1) is 22.3. The van der Waals surface area contributed by atoms with Gasteiger partial charge in [0.05, 0.1) is 38.4 Å². The molecule has 0 radical (unpaired) electrons. The number of hydrogen-bond donors (Lipinski definition) is 0. The van der Waals surface area contributed by atoms with Crippen molar-refractivity contribution in [2.24, 2.45) is 0 Å². The smallest absolute Gasteiger partial charge is 0.262 e. The number of thiazole rings is 1. The molecule has 10 heteroatoms. The Labute approximate surface area is 198 Å². The molecule has 0 unspecified atom stereocenters. The van der Waals surface area contributed by atoms with Crippen LogP contribution < -0.4 is 4.90 Å². The lowest BCUT2D eigenvalue weighted by molar-refractivity contribution is 0.0376. The lowest BCUT2D eigenvalue weighted by atomic mass is 10.2. The fraction of sp³-hybridized carbons (Fsp3) is 0.400. The van der Waals surface area contributed by atoms with Gasteiger partial charge in [-0.15, -0.1) is 11.3 Å². The number of anilines is 1. The van der Waals surface area contributed by atoms with Crippen molar-refractivity contribution < 1.29 is 9.53 Å². The summed E-state index contributed by atoms with van der Waals surface area (Å²) in [7, 11) is 0. The zero-order valence-corrected chi connectivity index (χ0v) is 20.2. The van der Waals surface area contributed by atoms with Crippen LogP contribution in [0.2, 0.25) is 13.7 Å². The molecule has 1 aromatic carbocycles. The molecule has 0 saturated carbocycles. The molecule has 1 amide bonds. The summed E-state index contributed by atoms with van der Waals surface area (Å²) < 4.78 is 7.17. The molecular formula is C20H20Cl3N3O2S2. The van der Waals surface area contributed by atoms with E-state index in [1.165, 1.54) is 22.7 Å². The molecule has 0 aliphatic carbocycles. The first-order chi connectivity index (χ1) is 14.4. The van der Waals surface area contributed by atoms with Gasteiger partial charge in [0.25, 0.3) is 5.91 Å². The monoisotopic (exact) mass is 503 g/mol. The van der Waals surface area contributed by atoms with E-state index in [1.807, 2.05) is 19.1 Å². The lowest BCUT2D eigenvalue weighted by Crippen LogP contribution is -2.39. The van der Waals surface area contributed by atoms with Crippen LogP contribution in [0.3, 0.4) is 0 Å². The van der Waals surface area contributed by atoms with E-state index in [1.54, 1.807) is 11.0 Å². The maximum atomic E-state index is 13.4. The molecule has 3 heterocycles. The van der Waals surface area contributed by atoms with Gasteiger partial charge in [0.2, 0.25) is 0 Å². The molecule has 5 nitrogen and oxygen atoms in total. The van der Waals surface area contributed by atoms with Crippen molar-refractivity contribution in [3.8, 4) is 0 Å². The standard InChI is InChI=1S/C20H20Cl3N3O2S2/c1-12-3-4-14(21)17-16(12)24-20(30-17)26(6-2-5-25-7-9-28-10-8-25)19(27)13-11-15(22)29-18(13)23/h3-4,11H,2,5-10H2,1H3. The van der Waals surface area contributed by atoms with Crippen LogP contribution in [0, 0.1) is 6.92 Å². The zero-order chi connectivity index (χ0) is 21.3. The van der Waals surface area contributed by atoms with Crippen molar-refractivity contribution >= 4 is 78.7 Å². The molecule has 1 aliphatic rings. The maximum Gasteiger partial charge on any atom is 0.262 e. The number of morpholine rings is 1. The van der Waals surface area contributed by atoms with E-state index in [4.69, 9.17) is 44.5 Å². The Morgan fingerprint density at radius 3 is 2.67 bits per heavy atom. The predicted octanol–water partition coefficient (Wildman–Crippen LogP) is 6.00. The molecule has 1 saturated heterocycles. The second-order valence-electron chi connectivity index (χ2n) is 7.04.